The predicted molar refractivity (Wildman–Crippen MR) is 227 cm³/mol. The van der Waals surface area contributed by atoms with Gasteiger partial charge in [-0.05, 0) is 95.5 Å². The third kappa shape index (κ3) is 14.9. The molecule has 21 heteroatoms. The standard InChI is InChI=1S/C21H23N3O7.C16H16N2O5.C5H8ClNO2/c1-22(2)20(25)16-4-6-17(7-5-16)31-19-13-15(3-8-18(19)24(27)28)14-30-21(26)23-9-11-29-12-10-23;1-17(2)16(20)12-4-6-13(7-5-12)23-15-9-11(10-19)3-8-14(15)18(21)22;6-5(8)7-1-3-9-4-2-7/h3-8,13H,9-12,14H2,1-2H3;3-9,19H,10H2,1-2H3;1-4H2. The van der Waals surface area contributed by atoms with Gasteiger partial charge in [0.25, 0.3) is 11.8 Å². The number of morpholine rings is 2. The molecule has 336 valence electrons. The summed E-state index contributed by atoms with van der Waals surface area (Å²) in [4.78, 5) is 73.7. The maximum atomic E-state index is 12.1. The fraction of sp³-hybridized carbons (Fsp3) is 0.333. The van der Waals surface area contributed by atoms with Crippen LogP contribution in [0.1, 0.15) is 31.8 Å². The second kappa shape index (κ2) is 23.9. The summed E-state index contributed by atoms with van der Waals surface area (Å²) in [6.45, 7) is 4.01. The van der Waals surface area contributed by atoms with Crippen molar-refractivity contribution in [2.45, 2.75) is 13.2 Å². The van der Waals surface area contributed by atoms with Crippen LogP contribution < -0.4 is 9.47 Å². The van der Waals surface area contributed by atoms with Gasteiger partial charge in [0, 0.05) is 77.6 Å². The van der Waals surface area contributed by atoms with Crippen molar-refractivity contribution in [3.8, 4) is 23.0 Å². The number of carbonyl (C=O) groups is 4. The molecule has 0 radical (unpaired) electrons. The van der Waals surface area contributed by atoms with Gasteiger partial charge in [0.15, 0.2) is 0 Å². The lowest BCUT2D eigenvalue weighted by Gasteiger charge is -2.25. The molecule has 0 spiro atoms. The zero-order valence-electron chi connectivity index (χ0n) is 35.0. The van der Waals surface area contributed by atoms with E-state index in [0.29, 0.717) is 86.4 Å². The molecule has 2 saturated heterocycles. The lowest BCUT2D eigenvalue weighted by atomic mass is 10.2. The SMILES string of the molecule is CN(C)C(=O)c1ccc(Oc2cc(CO)ccc2[N+](=O)[O-])cc1.CN(C)C(=O)c1ccc(Oc2cc(COC(=O)N3CCOCC3)ccc2[N+](=O)[O-])cc1.O=C(Cl)N1CCOCC1. The van der Waals surface area contributed by atoms with Gasteiger partial charge < -0.3 is 48.4 Å². The zero-order valence-corrected chi connectivity index (χ0v) is 35.7. The number of aliphatic hydroxyl groups is 1. The van der Waals surface area contributed by atoms with Gasteiger partial charge in [-0.2, -0.15) is 0 Å². The van der Waals surface area contributed by atoms with E-state index in [2.05, 4.69) is 0 Å². The van der Waals surface area contributed by atoms with Gasteiger partial charge in [0.05, 0.1) is 42.9 Å². The van der Waals surface area contributed by atoms with Gasteiger partial charge in [-0.25, -0.2) is 4.79 Å². The van der Waals surface area contributed by atoms with Crippen molar-refractivity contribution in [1.82, 2.24) is 19.6 Å². The quantitative estimate of drug-likeness (QED) is 0.0752. The molecule has 4 amide bonds. The van der Waals surface area contributed by atoms with Crippen LogP contribution in [-0.4, -0.2) is 139 Å². The van der Waals surface area contributed by atoms with Gasteiger partial charge in [0.2, 0.25) is 11.5 Å². The molecule has 0 aromatic heterocycles. The van der Waals surface area contributed by atoms with Gasteiger partial charge in [-0.3, -0.25) is 34.6 Å². The number of rotatable bonds is 11. The van der Waals surface area contributed by atoms with Crippen LogP contribution in [0.15, 0.2) is 84.9 Å². The summed E-state index contributed by atoms with van der Waals surface area (Å²) in [5, 5.41) is 31.2. The molecule has 4 aromatic rings. The number of aliphatic hydroxyl groups excluding tert-OH is 1. The van der Waals surface area contributed by atoms with E-state index >= 15 is 0 Å². The van der Waals surface area contributed by atoms with Crippen LogP contribution in [0.3, 0.4) is 0 Å². The highest BCUT2D eigenvalue weighted by molar-refractivity contribution is 6.62. The summed E-state index contributed by atoms with van der Waals surface area (Å²) in [5.41, 5.74) is 1.58. The first-order valence-corrected chi connectivity index (χ1v) is 19.6. The van der Waals surface area contributed by atoms with Crippen LogP contribution in [0.4, 0.5) is 21.0 Å². The van der Waals surface area contributed by atoms with Gasteiger partial charge in [-0.15, -0.1) is 0 Å². The van der Waals surface area contributed by atoms with Crippen molar-refractivity contribution >= 4 is 46.2 Å². The first kappa shape index (κ1) is 48.8. The van der Waals surface area contributed by atoms with Crippen molar-refractivity contribution in [3.05, 3.63) is 127 Å². The molecule has 1 N–H and O–H groups in total. The number of halogens is 1. The third-order valence-corrected chi connectivity index (χ3v) is 9.23. The van der Waals surface area contributed by atoms with Crippen LogP contribution in [0, 0.1) is 20.2 Å². The zero-order chi connectivity index (χ0) is 46.1. The van der Waals surface area contributed by atoms with E-state index in [1.807, 2.05) is 0 Å². The molecule has 20 nitrogen and oxygen atoms in total. The van der Waals surface area contributed by atoms with E-state index in [1.54, 1.807) is 86.5 Å². The highest BCUT2D eigenvalue weighted by atomic mass is 35.5. The minimum Gasteiger partial charge on any atom is -0.450 e. The predicted octanol–water partition coefficient (Wildman–Crippen LogP) is 6.32. The number of nitro benzene ring substituents is 2. The topological polar surface area (TPSA) is 234 Å². The lowest BCUT2D eigenvalue weighted by Crippen LogP contribution is -2.40. The minimum atomic E-state index is -0.555. The maximum absolute atomic E-state index is 12.1. The largest absolute Gasteiger partial charge is 0.450 e. The summed E-state index contributed by atoms with van der Waals surface area (Å²) in [7, 11) is 6.59. The first-order valence-electron chi connectivity index (χ1n) is 19.2. The van der Waals surface area contributed by atoms with Crippen LogP contribution in [0.25, 0.3) is 0 Å². The molecule has 0 saturated carbocycles. The number of carbonyl (C=O) groups excluding carboxylic acids is 4. The fourth-order valence-electron chi connectivity index (χ4n) is 5.59. The number of ether oxygens (including phenoxy) is 5. The summed E-state index contributed by atoms with van der Waals surface area (Å²) in [6, 6.07) is 21.0. The minimum absolute atomic E-state index is 0.0107. The molecule has 0 bridgehead atoms. The molecule has 2 aliphatic heterocycles. The lowest BCUT2D eigenvalue weighted by molar-refractivity contribution is -0.385. The first-order chi connectivity index (χ1) is 30.1. The van der Waals surface area contributed by atoms with Crippen molar-refractivity contribution in [2.24, 2.45) is 0 Å². The Morgan fingerprint density at radius 3 is 1.41 bits per heavy atom. The smallest absolute Gasteiger partial charge is 0.410 e. The Bertz CT molecular complexity index is 2210. The Morgan fingerprint density at radius 2 is 1.05 bits per heavy atom. The molecule has 2 heterocycles. The molecule has 63 heavy (non-hydrogen) atoms. The van der Waals surface area contributed by atoms with Crippen LogP contribution in [-0.2, 0) is 27.4 Å². The summed E-state index contributed by atoms with van der Waals surface area (Å²) >= 11 is 5.19. The summed E-state index contributed by atoms with van der Waals surface area (Å²) in [5.74, 6) is 0.427. The Morgan fingerprint density at radius 1 is 0.651 bits per heavy atom. The number of nitrogens with zero attached hydrogens (tertiary/aromatic N) is 6. The third-order valence-electron chi connectivity index (χ3n) is 8.99. The monoisotopic (exact) mass is 894 g/mol. The van der Waals surface area contributed by atoms with Gasteiger partial charge in [-0.1, -0.05) is 0 Å². The fourth-order valence-corrected chi connectivity index (χ4v) is 5.76. The maximum Gasteiger partial charge on any atom is 0.410 e. The second-order valence-corrected chi connectivity index (χ2v) is 14.3. The number of hydrogen-bond donors (Lipinski definition) is 1. The number of amides is 4. The number of benzene rings is 4. The highest BCUT2D eigenvalue weighted by Gasteiger charge is 2.21. The van der Waals surface area contributed by atoms with Crippen LogP contribution in [0.5, 0.6) is 23.0 Å². The molecular weight excluding hydrogens is 848 g/mol. The molecular formula is C42H47ClN6O14. The number of nitro groups is 2. The molecule has 2 fully saturated rings. The Balaban J connectivity index is 0.000000237. The average Bonchev–Trinajstić information content (AvgIpc) is 3.29. The van der Waals surface area contributed by atoms with E-state index in [1.165, 1.54) is 46.2 Å². The van der Waals surface area contributed by atoms with Crippen molar-refractivity contribution in [2.75, 3.05) is 80.8 Å². The van der Waals surface area contributed by atoms with Crippen LogP contribution >= 0.6 is 11.6 Å². The van der Waals surface area contributed by atoms with Gasteiger partial charge in [0.1, 0.15) is 18.1 Å². The second-order valence-electron chi connectivity index (χ2n) is 13.9. The normalized spacial score (nSPS) is 13.2. The Kier molecular flexibility index (Phi) is 18.5. The molecule has 6 rings (SSSR count). The summed E-state index contributed by atoms with van der Waals surface area (Å²) < 4.78 is 26.7. The van der Waals surface area contributed by atoms with Crippen LogP contribution in [0.2, 0.25) is 0 Å². The molecule has 4 aromatic carbocycles. The van der Waals surface area contributed by atoms with Crippen molar-refractivity contribution in [1.29, 1.82) is 0 Å². The average molecular weight is 895 g/mol. The van der Waals surface area contributed by atoms with E-state index < -0.39 is 15.9 Å². The van der Waals surface area contributed by atoms with E-state index in [9.17, 15) is 39.4 Å². The Labute approximate surface area is 367 Å². The van der Waals surface area contributed by atoms with Crippen molar-refractivity contribution < 1.29 is 57.8 Å². The van der Waals surface area contributed by atoms with Gasteiger partial charge >= 0.3 is 22.8 Å². The highest BCUT2D eigenvalue weighted by Crippen LogP contribution is 2.34. The van der Waals surface area contributed by atoms with Crippen molar-refractivity contribution in [3.63, 3.8) is 0 Å². The van der Waals surface area contributed by atoms with E-state index in [4.69, 9.17) is 40.4 Å². The molecule has 0 aliphatic carbocycles. The molecule has 0 atom stereocenters. The molecule has 0 unspecified atom stereocenters. The van der Waals surface area contributed by atoms with E-state index in [0.717, 1.165) is 0 Å². The summed E-state index contributed by atoms with van der Waals surface area (Å²) in [6.07, 6.45) is -0.467. The number of hydrogen-bond acceptors (Lipinski definition) is 14. The van der Waals surface area contributed by atoms with E-state index in [-0.39, 0.29) is 53.3 Å². The molecule has 2 aliphatic rings. The Hall–Kier alpha value is -6.87.